The second kappa shape index (κ2) is 9.91. The van der Waals surface area contributed by atoms with Gasteiger partial charge in [0.25, 0.3) is 5.91 Å². The van der Waals surface area contributed by atoms with Crippen molar-refractivity contribution in [1.29, 1.82) is 0 Å². The van der Waals surface area contributed by atoms with Gasteiger partial charge in [-0.2, -0.15) is 0 Å². The van der Waals surface area contributed by atoms with Crippen LogP contribution in [-0.2, 0) is 11.3 Å². The zero-order valence-corrected chi connectivity index (χ0v) is 17.4. The van der Waals surface area contributed by atoms with Crippen molar-refractivity contribution >= 4 is 23.2 Å². The van der Waals surface area contributed by atoms with Crippen LogP contribution in [0, 0.1) is 0 Å². The van der Waals surface area contributed by atoms with Crippen LogP contribution in [0.4, 0.5) is 5.69 Å². The van der Waals surface area contributed by atoms with Crippen molar-refractivity contribution in [2.24, 2.45) is 0 Å². The summed E-state index contributed by atoms with van der Waals surface area (Å²) in [5, 5.41) is 11.2. The smallest absolute Gasteiger partial charge is 0.255 e. The molecule has 9 nitrogen and oxygen atoms in total. The molecule has 1 amide bonds. The van der Waals surface area contributed by atoms with Gasteiger partial charge in [0.1, 0.15) is 5.75 Å². The van der Waals surface area contributed by atoms with Crippen LogP contribution in [0.1, 0.15) is 23.2 Å². The Labute approximate surface area is 175 Å². The van der Waals surface area contributed by atoms with Crippen molar-refractivity contribution in [2.75, 3.05) is 39.6 Å². The third-order valence-electron chi connectivity index (χ3n) is 5.16. The number of ether oxygens (including phenoxy) is 2. The zero-order chi connectivity index (χ0) is 20.8. The summed E-state index contributed by atoms with van der Waals surface area (Å²) in [5.41, 5.74) is 6.53. The van der Waals surface area contributed by atoms with Crippen molar-refractivity contribution in [3.63, 3.8) is 0 Å². The number of anilines is 1. The van der Waals surface area contributed by atoms with Gasteiger partial charge >= 0.3 is 0 Å². The number of aryl methyl sites for hydroxylation is 1. The molecule has 2 heterocycles. The van der Waals surface area contributed by atoms with Crippen LogP contribution in [0.3, 0.4) is 0 Å². The number of hydrogen-bond donors (Lipinski definition) is 2. The predicted molar refractivity (Wildman–Crippen MR) is 110 cm³/mol. The number of rotatable bonds is 8. The highest BCUT2D eigenvalue weighted by molar-refractivity contribution is 6.33. The SMILES string of the molecule is COc1cc(N)c(Cl)cc1C(=O)N[C@@H]1CCN(CCCn2ccnn2)C[C@@H]1OC. The highest BCUT2D eigenvalue weighted by Crippen LogP contribution is 2.29. The van der Waals surface area contributed by atoms with Gasteiger partial charge in [0.2, 0.25) is 0 Å². The number of hydrogen-bond acceptors (Lipinski definition) is 7. The Morgan fingerprint density at radius 2 is 2.21 bits per heavy atom. The van der Waals surface area contributed by atoms with Crippen molar-refractivity contribution in [2.45, 2.75) is 31.5 Å². The number of piperidine rings is 1. The van der Waals surface area contributed by atoms with Gasteiger partial charge in [0.15, 0.2) is 0 Å². The van der Waals surface area contributed by atoms with Gasteiger partial charge in [-0.15, -0.1) is 5.10 Å². The number of likely N-dealkylation sites (tertiary alicyclic amines) is 1. The van der Waals surface area contributed by atoms with E-state index >= 15 is 0 Å². The minimum absolute atomic E-state index is 0.0971. The number of nitrogens with two attached hydrogens (primary N) is 1. The van der Waals surface area contributed by atoms with Crippen molar-refractivity contribution in [1.82, 2.24) is 25.2 Å². The van der Waals surface area contributed by atoms with E-state index in [1.165, 1.54) is 13.2 Å². The molecule has 158 valence electrons. The summed E-state index contributed by atoms with van der Waals surface area (Å²) in [7, 11) is 3.17. The first-order valence-corrected chi connectivity index (χ1v) is 9.92. The van der Waals surface area contributed by atoms with E-state index in [1.807, 2.05) is 10.9 Å². The first kappa shape index (κ1) is 21.4. The molecule has 3 N–H and O–H groups in total. The molecule has 0 saturated carbocycles. The molecule has 0 bridgehead atoms. The first-order chi connectivity index (χ1) is 14.0. The Morgan fingerprint density at radius 1 is 1.38 bits per heavy atom. The molecule has 0 spiro atoms. The lowest BCUT2D eigenvalue weighted by atomic mass is 10.0. The normalized spacial score (nSPS) is 19.8. The Hall–Kier alpha value is -2.36. The highest BCUT2D eigenvalue weighted by atomic mass is 35.5. The Bertz CT molecular complexity index is 817. The summed E-state index contributed by atoms with van der Waals surface area (Å²) in [6.07, 6.45) is 5.20. The van der Waals surface area contributed by atoms with Gasteiger partial charge in [-0.1, -0.05) is 16.8 Å². The largest absolute Gasteiger partial charge is 0.496 e. The van der Waals surface area contributed by atoms with E-state index in [-0.39, 0.29) is 18.1 Å². The quantitative estimate of drug-likeness (QED) is 0.619. The Morgan fingerprint density at radius 3 is 2.90 bits per heavy atom. The van der Waals surface area contributed by atoms with E-state index in [2.05, 4.69) is 20.5 Å². The van der Waals surface area contributed by atoms with E-state index in [0.29, 0.717) is 22.0 Å². The average Bonchev–Trinajstić information content (AvgIpc) is 3.24. The van der Waals surface area contributed by atoms with E-state index in [0.717, 1.165) is 39.0 Å². The fourth-order valence-electron chi connectivity index (χ4n) is 3.56. The lowest BCUT2D eigenvalue weighted by molar-refractivity contribution is 0.00578. The molecule has 2 aromatic rings. The number of aromatic nitrogens is 3. The molecule has 10 heteroatoms. The topological polar surface area (TPSA) is 108 Å². The summed E-state index contributed by atoms with van der Waals surface area (Å²) in [4.78, 5) is 15.2. The maximum absolute atomic E-state index is 12.8. The molecule has 1 aromatic carbocycles. The molecule has 1 fully saturated rings. The van der Waals surface area contributed by atoms with Gasteiger partial charge < -0.3 is 25.4 Å². The molecule has 0 unspecified atom stereocenters. The number of methoxy groups -OCH3 is 2. The second-order valence-electron chi connectivity index (χ2n) is 7.04. The predicted octanol–water partition coefficient (Wildman–Crippen LogP) is 1.43. The summed E-state index contributed by atoms with van der Waals surface area (Å²) >= 11 is 6.09. The van der Waals surface area contributed by atoms with Crippen molar-refractivity contribution in [3.05, 3.63) is 35.1 Å². The minimum Gasteiger partial charge on any atom is -0.496 e. The third kappa shape index (κ3) is 5.37. The van der Waals surface area contributed by atoms with Gasteiger partial charge in [0.05, 0.1) is 41.7 Å². The van der Waals surface area contributed by atoms with Crippen LogP contribution in [0.5, 0.6) is 5.75 Å². The standard InChI is InChI=1S/C19H27ClN6O3/c1-28-17-11-15(21)14(20)10-13(17)19(27)23-16-4-8-25(12-18(16)29-2)6-3-7-26-9-5-22-24-26/h5,9-11,16,18H,3-4,6-8,12,21H2,1-2H3,(H,23,27)/t16-,18+/m1/s1. The van der Waals surface area contributed by atoms with Crippen LogP contribution in [-0.4, -0.2) is 71.8 Å². The minimum atomic E-state index is -0.254. The summed E-state index contributed by atoms with van der Waals surface area (Å²) < 4.78 is 12.8. The average molecular weight is 423 g/mol. The molecule has 2 atom stereocenters. The van der Waals surface area contributed by atoms with Gasteiger partial charge in [0, 0.05) is 45.6 Å². The molecule has 1 aliphatic heterocycles. The molecule has 3 rings (SSSR count). The molecular formula is C19H27ClN6O3. The molecule has 0 aliphatic carbocycles. The maximum atomic E-state index is 12.8. The van der Waals surface area contributed by atoms with Crippen LogP contribution < -0.4 is 15.8 Å². The van der Waals surface area contributed by atoms with Crippen LogP contribution in [0.2, 0.25) is 5.02 Å². The molecule has 1 saturated heterocycles. The van der Waals surface area contributed by atoms with E-state index in [9.17, 15) is 4.79 Å². The number of benzene rings is 1. The lowest BCUT2D eigenvalue weighted by Crippen LogP contribution is -2.55. The van der Waals surface area contributed by atoms with E-state index in [4.69, 9.17) is 26.8 Å². The number of nitrogen functional groups attached to an aromatic ring is 1. The van der Waals surface area contributed by atoms with Gasteiger partial charge in [-0.05, 0) is 18.9 Å². The molecule has 1 aliphatic rings. The monoisotopic (exact) mass is 422 g/mol. The van der Waals surface area contributed by atoms with Crippen molar-refractivity contribution in [3.8, 4) is 5.75 Å². The first-order valence-electron chi connectivity index (χ1n) is 9.55. The van der Waals surface area contributed by atoms with Crippen LogP contribution in [0.25, 0.3) is 0 Å². The number of halogens is 1. The fourth-order valence-corrected chi connectivity index (χ4v) is 3.72. The van der Waals surface area contributed by atoms with Crippen molar-refractivity contribution < 1.29 is 14.3 Å². The molecule has 0 radical (unpaired) electrons. The number of nitrogens with zero attached hydrogens (tertiary/aromatic N) is 4. The van der Waals surface area contributed by atoms with Crippen LogP contribution >= 0.6 is 11.6 Å². The highest BCUT2D eigenvalue weighted by Gasteiger charge is 2.31. The molecule has 29 heavy (non-hydrogen) atoms. The number of carbonyl (C=O) groups excluding carboxylic acids is 1. The Balaban J connectivity index is 1.56. The molecule has 1 aromatic heterocycles. The second-order valence-corrected chi connectivity index (χ2v) is 7.44. The molecular weight excluding hydrogens is 396 g/mol. The lowest BCUT2D eigenvalue weighted by Gasteiger charge is -2.38. The number of amides is 1. The fraction of sp³-hybridized carbons (Fsp3) is 0.526. The number of nitrogens with one attached hydrogen (secondary N) is 1. The summed E-state index contributed by atoms with van der Waals surface area (Å²) in [6.45, 7) is 3.38. The summed E-state index contributed by atoms with van der Waals surface area (Å²) in [5.74, 6) is 0.138. The maximum Gasteiger partial charge on any atom is 0.255 e. The number of carbonyl (C=O) groups is 1. The van der Waals surface area contributed by atoms with Gasteiger partial charge in [-0.25, -0.2) is 0 Å². The third-order valence-corrected chi connectivity index (χ3v) is 5.49. The van der Waals surface area contributed by atoms with E-state index in [1.54, 1.807) is 19.4 Å². The van der Waals surface area contributed by atoms with E-state index < -0.39 is 0 Å². The zero-order valence-electron chi connectivity index (χ0n) is 16.7. The van der Waals surface area contributed by atoms with Crippen LogP contribution in [0.15, 0.2) is 24.5 Å². The Kier molecular flexibility index (Phi) is 7.29. The van der Waals surface area contributed by atoms with Gasteiger partial charge in [-0.3, -0.25) is 9.48 Å². The summed E-state index contributed by atoms with van der Waals surface area (Å²) in [6, 6.07) is 3.00.